The van der Waals surface area contributed by atoms with Crippen molar-refractivity contribution in [1.82, 2.24) is 0 Å². The summed E-state index contributed by atoms with van der Waals surface area (Å²) >= 11 is 3.19. The molecule has 76 valence electrons. The Bertz CT molecular complexity index is 366. The van der Waals surface area contributed by atoms with Crippen LogP contribution in [0.3, 0.4) is 0 Å². The Balaban J connectivity index is 3.36. The molecule has 0 aliphatic carbocycles. The van der Waals surface area contributed by atoms with Gasteiger partial charge in [-0.15, -0.1) is 0 Å². The van der Waals surface area contributed by atoms with Crippen LogP contribution in [0.1, 0.15) is 5.56 Å². The van der Waals surface area contributed by atoms with Crippen molar-refractivity contribution >= 4 is 27.8 Å². The molecule has 0 aliphatic heterocycles. The van der Waals surface area contributed by atoms with E-state index in [4.69, 9.17) is 5.21 Å². The van der Waals surface area contributed by atoms with Crippen LogP contribution >= 0.6 is 15.9 Å². The van der Waals surface area contributed by atoms with Gasteiger partial charge < -0.3 is 10.1 Å². The molecule has 0 aliphatic rings. The van der Waals surface area contributed by atoms with Crippen LogP contribution in [0.5, 0.6) is 0 Å². The molecule has 5 heteroatoms. The first kappa shape index (κ1) is 11.0. The van der Waals surface area contributed by atoms with E-state index in [1.807, 2.05) is 0 Å². The Morgan fingerprint density at radius 1 is 1.50 bits per heavy atom. The second-order valence-corrected chi connectivity index (χ2v) is 3.88. The second-order valence-electron chi connectivity index (χ2n) is 2.96. The maximum atomic E-state index is 13.4. The molecule has 0 atom stereocenters. The fourth-order valence-electron chi connectivity index (χ4n) is 1.13. The molecule has 0 saturated heterocycles. The van der Waals surface area contributed by atoms with Crippen molar-refractivity contribution in [2.45, 2.75) is 0 Å². The van der Waals surface area contributed by atoms with Crippen LogP contribution in [0.4, 0.5) is 10.1 Å². The lowest BCUT2D eigenvalue weighted by molar-refractivity contribution is 0.321. The van der Waals surface area contributed by atoms with Crippen molar-refractivity contribution in [2.75, 3.05) is 19.0 Å². The third-order valence-electron chi connectivity index (χ3n) is 1.74. The Hall–Kier alpha value is -1.10. The maximum Gasteiger partial charge on any atom is 0.135 e. The van der Waals surface area contributed by atoms with Gasteiger partial charge in [0.25, 0.3) is 0 Å². The molecule has 0 amide bonds. The van der Waals surface area contributed by atoms with E-state index in [-0.39, 0.29) is 5.56 Å². The van der Waals surface area contributed by atoms with E-state index in [1.165, 1.54) is 6.07 Å². The number of rotatable bonds is 2. The molecule has 0 fully saturated rings. The van der Waals surface area contributed by atoms with Gasteiger partial charge in [0.15, 0.2) is 0 Å². The molecule has 0 unspecified atom stereocenters. The molecule has 1 aromatic carbocycles. The van der Waals surface area contributed by atoms with Gasteiger partial charge in [0.05, 0.1) is 11.8 Å². The molecular weight excluding hydrogens is 251 g/mol. The van der Waals surface area contributed by atoms with Gasteiger partial charge in [-0.1, -0.05) is 21.1 Å². The number of hydrogen-bond donors (Lipinski definition) is 1. The average molecular weight is 261 g/mol. The van der Waals surface area contributed by atoms with Crippen LogP contribution < -0.4 is 4.90 Å². The van der Waals surface area contributed by atoms with Crippen molar-refractivity contribution in [2.24, 2.45) is 5.16 Å². The molecule has 0 aromatic heterocycles. The van der Waals surface area contributed by atoms with E-state index in [2.05, 4.69) is 21.1 Å². The van der Waals surface area contributed by atoms with Crippen molar-refractivity contribution < 1.29 is 9.60 Å². The van der Waals surface area contributed by atoms with E-state index >= 15 is 0 Å². The van der Waals surface area contributed by atoms with Crippen molar-refractivity contribution in [3.8, 4) is 0 Å². The van der Waals surface area contributed by atoms with Crippen LogP contribution in [-0.2, 0) is 0 Å². The maximum absolute atomic E-state index is 13.4. The molecule has 3 nitrogen and oxygen atoms in total. The number of hydrogen-bond acceptors (Lipinski definition) is 3. The molecule has 1 N–H and O–H groups in total. The summed E-state index contributed by atoms with van der Waals surface area (Å²) in [5, 5.41) is 11.2. The topological polar surface area (TPSA) is 35.8 Å². The molecule has 0 spiro atoms. The quantitative estimate of drug-likeness (QED) is 0.504. The lowest BCUT2D eigenvalue weighted by Gasteiger charge is -2.16. The minimum absolute atomic E-state index is 0.265. The van der Waals surface area contributed by atoms with Gasteiger partial charge in [-0.3, -0.25) is 0 Å². The number of oxime groups is 1. The lowest BCUT2D eigenvalue weighted by atomic mass is 10.1. The molecule has 14 heavy (non-hydrogen) atoms. The Labute approximate surface area is 90.0 Å². The molecule has 0 saturated carbocycles. The summed E-state index contributed by atoms with van der Waals surface area (Å²) in [5.74, 6) is -0.430. The van der Waals surface area contributed by atoms with Crippen LogP contribution in [0, 0.1) is 5.82 Å². The first-order chi connectivity index (χ1) is 6.56. The molecule has 1 rings (SSSR count). The fourth-order valence-corrected chi connectivity index (χ4v) is 1.54. The van der Waals surface area contributed by atoms with Gasteiger partial charge in [0.2, 0.25) is 0 Å². The Kier molecular flexibility index (Phi) is 3.46. The molecule has 0 radical (unpaired) electrons. The number of halogens is 2. The monoisotopic (exact) mass is 260 g/mol. The zero-order valence-corrected chi connectivity index (χ0v) is 9.42. The summed E-state index contributed by atoms with van der Waals surface area (Å²) in [6.45, 7) is 0. The van der Waals surface area contributed by atoms with Gasteiger partial charge in [-0.25, -0.2) is 4.39 Å². The largest absolute Gasteiger partial charge is 0.411 e. The van der Waals surface area contributed by atoms with Crippen molar-refractivity contribution in [3.05, 3.63) is 28.0 Å². The van der Waals surface area contributed by atoms with Gasteiger partial charge >= 0.3 is 0 Å². The molecule has 0 bridgehead atoms. The highest BCUT2D eigenvalue weighted by molar-refractivity contribution is 9.10. The van der Waals surface area contributed by atoms with E-state index in [0.717, 1.165) is 6.21 Å². The Morgan fingerprint density at radius 3 is 2.64 bits per heavy atom. The third kappa shape index (κ3) is 2.23. The van der Waals surface area contributed by atoms with Crippen LogP contribution in [0.15, 0.2) is 21.8 Å². The SMILES string of the molecule is CN(C)c1cc(Br)cc(F)c1/C=N/O. The molecule has 1 aromatic rings. The zero-order valence-electron chi connectivity index (χ0n) is 7.83. The minimum Gasteiger partial charge on any atom is -0.411 e. The van der Waals surface area contributed by atoms with E-state index in [9.17, 15) is 4.39 Å². The summed E-state index contributed by atoms with van der Waals surface area (Å²) in [6, 6.07) is 3.07. The molecule has 0 heterocycles. The highest BCUT2D eigenvalue weighted by atomic mass is 79.9. The standard InChI is InChI=1S/C9H10BrFN2O/c1-13(2)9-4-6(10)3-8(11)7(9)5-12-14/h3-5,14H,1-2H3/b12-5+. The Morgan fingerprint density at radius 2 is 2.14 bits per heavy atom. The molecular formula is C9H10BrFN2O. The minimum atomic E-state index is -0.430. The smallest absolute Gasteiger partial charge is 0.135 e. The lowest BCUT2D eigenvalue weighted by Crippen LogP contribution is -2.12. The fraction of sp³-hybridized carbons (Fsp3) is 0.222. The summed E-state index contributed by atoms with van der Waals surface area (Å²) in [4.78, 5) is 1.74. The average Bonchev–Trinajstić information content (AvgIpc) is 2.09. The number of anilines is 1. The third-order valence-corrected chi connectivity index (χ3v) is 2.20. The van der Waals surface area contributed by atoms with Crippen molar-refractivity contribution in [3.63, 3.8) is 0 Å². The van der Waals surface area contributed by atoms with Crippen LogP contribution in [0.25, 0.3) is 0 Å². The van der Waals surface area contributed by atoms with Gasteiger partial charge in [-0.05, 0) is 12.1 Å². The van der Waals surface area contributed by atoms with E-state index < -0.39 is 5.82 Å². The highest BCUT2D eigenvalue weighted by Crippen LogP contribution is 2.25. The second kappa shape index (κ2) is 4.41. The zero-order chi connectivity index (χ0) is 10.7. The van der Waals surface area contributed by atoms with Gasteiger partial charge in [0.1, 0.15) is 5.82 Å². The van der Waals surface area contributed by atoms with Crippen LogP contribution in [-0.4, -0.2) is 25.5 Å². The first-order valence-electron chi connectivity index (χ1n) is 3.90. The highest BCUT2D eigenvalue weighted by Gasteiger charge is 2.10. The van der Waals surface area contributed by atoms with Crippen molar-refractivity contribution in [1.29, 1.82) is 0 Å². The summed E-state index contributed by atoms with van der Waals surface area (Å²) < 4.78 is 14.0. The van der Waals surface area contributed by atoms with Crippen LogP contribution in [0.2, 0.25) is 0 Å². The van der Waals surface area contributed by atoms with E-state index in [0.29, 0.717) is 10.2 Å². The van der Waals surface area contributed by atoms with Gasteiger partial charge in [-0.2, -0.15) is 0 Å². The predicted molar refractivity (Wildman–Crippen MR) is 57.8 cm³/mol. The normalized spacial score (nSPS) is 10.9. The summed E-state index contributed by atoms with van der Waals surface area (Å²) in [7, 11) is 3.58. The number of benzene rings is 1. The number of nitrogens with zero attached hydrogens (tertiary/aromatic N) is 2. The summed E-state index contributed by atoms with van der Waals surface area (Å²) in [6.07, 6.45) is 1.08. The van der Waals surface area contributed by atoms with Gasteiger partial charge in [0, 0.05) is 24.3 Å². The first-order valence-corrected chi connectivity index (χ1v) is 4.69. The summed E-state index contributed by atoms with van der Waals surface area (Å²) in [5.41, 5.74) is 0.912. The predicted octanol–water partition coefficient (Wildman–Crippen LogP) is 2.46. The van der Waals surface area contributed by atoms with E-state index in [1.54, 1.807) is 25.1 Å².